The first-order chi connectivity index (χ1) is 13.0. The molecule has 0 unspecified atom stereocenters. The van der Waals surface area contributed by atoms with Crippen LogP contribution >= 0.6 is 11.8 Å². The van der Waals surface area contributed by atoms with Gasteiger partial charge in [-0.25, -0.2) is 0 Å². The Balaban J connectivity index is 1.77. The molecule has 2 aromatic heterocycles. The van der Waals surface area contributed by atoms with Gasteiger partial charge in [-0.05, 0) is 24.9 Å². The molecule has 1 saturated heterocycles. The molecule has 3 rings (SSSR count). The highest BCUT2D eigenvalue weighted by Gasteiger charge is 2.34. The van der Waals surface area contributed by atoms with E-state index in [2.05, 4.69) is 22.0 Å². The number of morpholine rings is 1. The van der Waals surface area contributed by atoms with Crippen LogP contribution in [0.25, 0.3) is 0 Å². The molecular formula is C19H27N5O2S. The van der Waals surface area contributed by atoms with Crippen molar-refractivity contribution in [2.75, 3.05) is 40.0 Å². The monoisotopic (exact) mass is 389 g/mol. The lowest BCUT2D eigenvalue weighted by Gasteiger charge is -2.40. The second kappa shape index (κ2) is 8.86. The first-order valence-corrected chi connectivity index (χ1v) is 10.4. The molecule has 0 radical (unpaired) electrons. The van der Waals surface area contributed by atoms with Crippen LogP contribution in [0.1, 0.15) is 27.7 Å². The van der Waals surface area contributed by atoms with Crippen molar-refractivity contribution < 1.29 is 9.53 Å². The third kappa shape index (κ3) is 4.51. The van der Waals surface area contributed by atoms with Gasteiger partial charge in [-0.2, -0.15) is 16.9 Å². The number of aromatic nitrogens is 3. The topological polar surface area (TPSA) is 63.5 Å². The predicted molar refractivity (Wildman–Crippen MR) is 107 cm³/mol. The number of amides is 1. The number of nitrogens with zero attached hydrogens (tertiary/aromatic N) is 5. The first kappa shape index (κ1) is 19.9. The second-order valence-electron chi connectivity index (χ2n) is 6.91. The van der Waals surface area contributed by atoms with Crippen molar-refractivity contribution in [1.29, 1.82) is 0 Å². The van der Waals surface area contributed by atoms with E-state index in [1.54, 1.807) is 27.5 Å². The number of thioether (sulfide) groups is 1. The Labute approximate surface area is 164 Å². The zero-order chi connectivity index (χ0) is 19.4. The van der Waals surface area contributed by atoms with Crippen molar-refractivity contribution in [2.45, 2.75) is 17.9 Å². The first-order valence-electron chi connectivity index (χ1n) is 9.00. The predicted octanol–water partition coefficient (Wildman–Crippen LogP) is 1.82. The molecule has 1 amide bonds. The van der Waals surface area contributed by atoms with Crippen molar-refractivity contribution in [3.8, 4) is 0 Å². The molecule has 3 heterocycles. The molecule has 0 spiro atoms. The van der Waals surface area contributed by atoms with Gasteiger partial charge in [-0.15, -0.1) is 0 Å². The Morgan fingerprint density at radius 2 is 2.26 bits per heavy atom. The Morgan fingerprint density at radius 1 is 1.44 bits per heavy atom. The summed E-state index contributed by atoms with van der Waals surface area (Å²) in [4.78, 5) is 21.3. The van der Waals surface area contributed by atoms with Gasteiger partial charge in [-0.3, -0.25) is 19.4 Å². The van der Waals surface area contributed by atoms with E-state index in [-0.39, 0.29) is 18.1 Å². The Bertz CT molecular complexity index is 781. The number of carbonyl (C=O) groups excluding carboxylic acids is 1. The second-order valence-corrected chi connectivity index (χ2v) is 7.78. The maximum atomic E-state index is 13.0. The normalized spacial score (nSPS) is 20.6. The highest BCUT2D eigenvalue weighted by molar-refractivity contribution is 7.97. The zero-order valence-electron chi connectivity index (χ0n) is 16.3. The molecule has 1 aliphatic rings. The minimum absolute atomic E-state index is 0.0668. The van der Waals surface area contributed by atoms with Gasteiger partial charge >= 0.3 is 0 Å². The van der Waals surface area contributed by atoms with Crippen LogP contribution in [-0.2, 0) is 17.5 Å². The van der Waals surface area contributed by atoms with Crippen molar-refractivity contribution in [3.63, 3.8) is 0 Å². The summed E-state index contributed by atoms with van der Waals surface area (Å²) in [6, 6.07) is 3.91. The van der Waals surface area contributed by atoms with E-state index < -0.39 is 0 Å². The molecule has 8 heteroatoms. The van der Waals surface area contributed by atoms with Gasteiger partial charge in [-0.1, -0.05) is 6.07 Å². The number of aryl methyl sites for hydroxylation is 1. The van der Waals surface area contributed by atoms with E-state index >= 15 is 0 Å². The molecular weight excluding hydrogens is 362 g/mol. The third-order valence-electron chi connectivity index (χ3n) is 4.86. The lowest BCUT2D eigenvalue weighted by atomic mass is 10.0. The van der Waals surface area contributed by atoms with Gasteiger partial charge in [0.15, 0.2) is 0 Å². The SMILES string of the molecule is CSCc1cccnc1C(=O)N(C)C[C@@H]1OCCN(C)[C@H]1c1cnn(C)c1. The minimum atomic E-state index is -0.116. The maximum Gasteiger partial charge on any atom is 0.272 e. The van der Waals surface area contributed by atoms with Crippen LogP contribution in [0.4, 0.5) is 0 Å². The highest BCUT2D eigenvalue weighted by atomic mass is 32.2. The largest absolute Gasteiger partial charge is 0.373 e. The van der Waals surface area contributed by atoms with Crippen molar-refractivity contribution in [1.82, 2.24) is 24.6 Å². The third-order valence-corrected chi connectivity index (χ3v) is 5.46. The summed E-state index contributed by atoms with van der Waals surface area (Å²) >= 11 is 1.68. The summed E-state index contributed by atoms with van der Waals surface area (Å²) in [5.41, 5.74) is 2.59. The Kier molecular flexibility index (Phi) is 6.51. The average molecular weight is 390 g/mol. The number of pyridine rings is 1. The summed E-state index contributed by atoms with van der Waals surface area (Å²) in [5, 5.41) is 4.30. The molecule has 2 atom stereocenters. The summed E-state index contributed by atoms with van der Waals surface area (Å²) < 4.78 is 7.86. The summed E-state index contributed by atoms with van der Waals surface area (Å²) in [5.74, 6) is 0.699. The lowest BCUT2D eigenvalue weighted by Crippen LogP contribution is -2.48. The van der Waals surface area contributed by atoms with Crippen molar-refractivity contribution >= 4 is 17.7 Å². The molecule has 1 fully saturated rings. The van der Waals surface area contributed by atoms with Gasteiger partial charge in [0.25, 0.3) is 5.91 Å². The van der Waals surface area contributed by atoms with E-state index in [0.29, 0.717) is 18.8 Å². The molecule has 7 nitrogen and oxygen atoms in total. The van der Waals surface area contributed by atoms with Crippen LogP contribution in [-0.4, -0.2) is 76.6 Å². The smallest absolute Gasteiger partial charge is 0.272 e. The lowest BCUT2D eigenvalue weighted by molar-refractivity contribution is -0.0708. The van der Waals surface area contributed by atoms with Crippen LogP contribution in [0.2, 0.25) is 0 Å². The molecule has 1 aliphatic heterocycles. The van der Waals surface area contributed by atoms with E-state index in [1.807, 2.05) is 44.9 Å². The summed E-state index contributed by atoms with van der Waals surface area (Å²) in [6.45, 7) is 2.01. The van der Waals surface area contributed by atoms with Gasteiger partial charge in [0.2, 0.25) is 0 Å². The fourth-order valence-corrected chi connectivity index (χ4v) is 4.06. The number of hydrogen-bond donors (Lipinski definition) is 0. The van der Waals surface area contributed by atoms with Crippen molar-refractivity contribution in [3.05, 3.63) is 47.5 Å². The number of rotatable bonds is 6. The van der Waals surface area contributed by atoms with Gasteiger partial charge in [0.05, 0.1) is 24.9 Å². The van der Waals surface area contributed by atoms with Gasteiger partial charge in [0.1, 0.15) is 5.69 Å². The van der Waals surface area contributed by atoms with Crippen LogP contribution in [0.15, 0.2) is 30.7 Å². The Morgan fingerprint density at radius 3 is 2.96 bits per heavy atom. The maximum absolute atomic E-state index is 13.0. The van der Waals surface area contributed by atoms with E-state index in [4.69, 9.17) is 4.74 Å². The fraction of sp³-hybridized carbons (Fsp3) is 0.526. The van der Waals surface area contributed by atoms with Crippen LogP contribution in [0.3, 0.4) is 0 Å². The molecule has 27 heavy (non-hydrogen) atoms. The summed E-state index contributed by atoms with van der Waals surface area (Å²) in [6.07, 6.45) is 7.47. The van der Waals surface area contributed by atoms with Crippen molar-refractivity contribution in [2.24, 2.45) is 7.05 Å². The molecule has 0 saturated carbocycles. The molecule has 0 aromatic carbocycles. The van der Waals surface area contributed by atoms with Gasteiger partial charge < -0.3 is 9.64 Å². The molecule has 0 bridgehead atoms. The average Bonchev–Trinajstić information content (AvgIpc) is 3.08. The van der Waals surface area contributed by atoms with Crippen LogP contribution in [0.5, 0.6) is 0 Å². The molecule has 0 N–H and O–H groups in total. The van der Waals surface area contributed by atoms with Gasteiger partial charge in [0, 0.05) is 50.9 Å². The molecule has 146 valence electrons. The van der Waals surface area contributed by atoms with E-state index in [0.717, 1.165) is 23.4 Å². The number of ether oxygens (including phenoxy) is 1. The van der Waals surface area contributed by atoms with Crippen LogP contribution in [0, 0.1) is 0 Å². The standard InChI is InChI=1S/C19H27N5O2S/c1-22-8-9-26-16(18(22)15-10-21-24(3)11-15)12-23(2)19(25)17-14(13-27-4)6-5-7-20-17/h5-7,10-11,16,18H,8-9,12-13H2,1-4H3/t16-,18-/m0/s1. The Hall–Kier alpha value is -1.90. The number of hydrogen-bond acceptors (Lipinski definition) is 6. The van der Waals surface area contributed by atoms with E-state index in [1.165, 1.54) is 0 Å². The van der Waals surface area contributed by atoms with E-state index in [9.17, 15) is 4.79 Å². The molecule has 0 aliphatic carbocycles. The quantitative estimate of drug-likeness (QED) is 0.751. The minimum Gasteiger partial charge on any atom is -0.373 e. The molecule has 2 aromatic rings. The number of likely N-dealkylation sites (N-methyl/N-ethyl adjacent to an activating group) is 2. The highest BCUT2D eigenvalue weighted by Crippen LogP contribution is 2.28. The fourth-order valence-electron chi connectivity index (χ4n) is 3.51. The zero-order valence-corrected chi connectivity index (χ0v) is 17.1. The number of carbonyl (C=O) groups is 1. The summed E-state index contributed by atoms with van der Waals surface area (Å²) in [7, 11) is 5.81. The van der Waals surface area contributed by atoms with Crippen LogP contribution < -0.4 is 0 Å².